The molecule has 0 bridgehead atoms. The summed E-state index contributed by atoms with van der Waals surface area (Å²) in [4.78, 5) is 14.2. The number of nitrogens with zero attached hydrogens (tertiary/aromatic N) is 1. The summed E-state index contributed by atoms with van der Waals surface area (Å²) in [5, 5.41) is 0.617. The van der Waals surface area contributed by atoms with Gasteiger partial charge in [0.05, 0.1) is 9.80 Å². The van der Waals surface area contributed by atoms with Gasteiger partial charge in [-0.15, -0.1) is 4.83 Å². The summed E-state index contributed by atoms with van der Waals surface area (Å²) < 4.78 is 64.7. The molecule has 0 spiro atoms. The average molecular weight is 430 g/mol. The van der Waals surface area contributed by atoms with E-state index in [9.17, 15) is 26.4 Å². The van der Waals surface area contributed by atoms with E-state index in [1.807, 2.05) is 4.83 Å². The van der Waals surface area contributed by atoms with Crippen LogP contribution in [-0.2, 0) is 14.8 Å². The van der Waals surface area contributed by atoms with Gasteiger partial charge in [-0.05, 0) is 30.3 Å². The number of hydrogen-bond donors (Lipinski definition) is 1. The zero-order chi connectivity index (χ0) is 19.8. The Bertz CT molecular complexity index is 1070. The number of carbonyl (C=O) groups is 1. The molecule has 1 aliphatic heterocycles. The summed E-state index contributed by atoms with van der Waals surface area (Å²) in [6.45, 7) is 0. The molecule has 0 radical (unpaired) electrons. The van der Waals surface area contributed by atoms with E-state index in [1.54, 1.807) is 6.07 Å². The summed E-state index contributed by atoms with van der Waals surface area (Å²) in [5.74, 6) is -5.38. The molecule has 1 heterocycles. The predicted molar refractivity (Wildman–Crippen MR) is 98.1 cm³/mol. The third kappa shape index (κ3) is 3.90. The van der Waals surface area contributed by atoms with Crippen molar-refractivity contribution in [1.82, 2.24) is 9.84 Å². The molecule has 1 N–H and O–H groups in total. The number of amides is 1. The summed E-state index contributed by atoms with van der Waals surface area (Å²) in [5.41, 5.74) is -0.375. The van der Waals surface area contributed by atoms with Crippen LogP contribution in [0.1, 0.15) is 5.56 Å². The Labute approximate surface area is 161 Å². The largest absolute Gasteiger partial charge is 0.281 e. The van der Waals surface area contributed by atoms with Crippen molar-refractivity contribution in [1.29, 1.82) is 0 Å². The summed E-state index contributed by atoms with van der Waals surface area (Å²) in [6.07, 6.45) is 0.966. The molecule has 140 valence electrons. The Hall–Kier alpha value is -2.21. The van der Waals surface area contributed by atoms with Crippen LogP contribution >= 0.6 is 24.0 Å². The van der Waals surface area contributed by atoms with Crippen molar-refractivity contribution in [2.45, 2.75) is 4.90 Å². The highest BCUT2D eigenvalue weighted by molar-refractivity contribution is 8.26. The van der Waals surface area contributed by atoms with E-state index in [-0.39, 0.29) is 19.7 Å². The number of carbonyl (C=O) groups excluding carboxylic acids is 1. The van der Waals surface area contributed by atoms with Gasteiger partial charge in [-0.3, -0.25) is 4.79 Å². The molecule has 27 heavy (non-hydrogen) atoms. The van der Waals surface area contributed by atoms with E-state index in [4.69, 9.17) is 12.2 Å². The number of sulfonamides is 1. The van der Waals surface area contributed by atoms with Crippen LogP contribution in [0.4, 0.5) is 13.2 Å². The monoisotopic (exact) mass is 430 g/mol. The first kappa shape index (κ1) is 19.5. The standard InChI is InChI=1S/C16H9F3N2O3S3/c17-11-7-6-9(13(18)14(11)19)8-12-15(22)21(16(25)26-12)20-27(23,24)10-4-2-1-3-5-10/h1-8,20H/b12-8-. The maximum atomic E-state index is 13.8. The van der Waals surface area contributed by atoms with E-state index in [2.05, 4.69) is 0 Å². The second-order valence-corrected chi connectivity index (χ2v) is 8.53. The zero-order valence-corrected chi connectivity index (χ0v) is 15.6. The number of hydrazine groups is 1. The summed E-state index contributed by atoms with van der Waals surface area (Å²) in [7, 11) is -4.08. The first-order chi connectivity index (χ1) is 12.7. The molecule has 3 rings (SSSR count). The van der Waals surface area contributed by atoms with Crippen LogP contribution in [-0.4, -0.2) is 23.7 Å². The number of hydrogen-bond acceptors (Lipinski definition) is 5. The number of thioether (sulfide) groups is 1. The molecular weight excluding hydrogens is 421 g/mol. The van der Waals surface area contributed by atoms with Gasteiger partial charge < -0.3 is 0 Å². The molecule has 1 amide bonds. The first-order valence-electron chi connectivity index (χ1n) is 7.19. The second kappa shape index (κ2) is 7.43. The third-order valence-electron chi connectivity index (χ3n) is 3.41. The van der Waals surface area contributed by atoms with E-state index < -0.39 is 33.4 Å². The van der Waals surface area contributed by atoms with Gasteiger partial charge in [0.1, 0.15) is 0 Å². The highest BCUT2D eigenvalue weighted by Gasteiger charge is 2.35. The smallest absolute Gasteiger partial charge is 0.267 e. The maximum absolute atomic E-state index is 13.8. The van der Waals surface area contributed by atoms with Crippen molar-refractivity contribution in [3.8, 4) is 0 Å². The van der Waals surface area contributed by atoms with Crippen LogP contribution in [0.3, 0.4) is 0 Å². The molecule has 1 aliphatic rings. The zero-order valence-electron chi connectivity index (χ0n) is 13.1. The minimum Gasteiger partial charge on any atom is -0.267 e. The molecule has 0 aliphatic carbocycles. The van der Waals surface area contributed by atoms with Gasteiger partial charge in [-0.1, -0.05) is 42.2 Å². The molecular formula is C16H9F3N2O3S3. The quantitative estimate of drug-likeness (QED) is 0.459. The maximum Gasteiger partial charge on any atom is 0.281 e. The second-order valence-electron chi connectivity index (χ2n) is 5.19. The fourth-order valence-electron chi connectivity index (χ4n) is 2.11. The number of nitrogens with one attached hydrogen (secondary N) is 1. The molecule has 0 unspecified atom stereocenters. The van der Waals surface area contributed by atoms with E-state index in [0.29, 0.717) is 22.8 Å². The number of halogens is 3. The Morgan fingerprint density at radius 3 is 2.37 bits per heavy atom. The topological polar surface area (TPSA) is 66.5 Å². The Morgan fingerprint density at radius 2 is 1.70 bits per heavy atom. The van der Waals surface area contributed by atoms with Crippen LogP contribution in [0, 0.1) is 17.5 Å². The normalized spacial score (nSPS) is 16.4. The van der Waals surface area contributed by atoms with Crippen LogP contribution < -0.4 is 4.83 Å². The molecule has 0 aromatic heterocycles. The summed E-state index contributed by atoms with van der Waals surface area (Å²) >= 11 is 5.67. The van der Waals surface area contributed by atoms with Crippen LogP contribution in [0.25, 0.3) is 6.08 Å². The van der Waals surface area contributed by atoms with Gasteiger partial charge in [-0.25, -0.2) is 26.6 Å². The van der Waals surface area contributed by atoms with Gasteiger partial charge in [0.2, 0.25) is 0 Å². The highest BCUT2D eigenvalue weighted by atomic mass is 32.2. The van der Waals surface area contributed by atoms with Crippen molar-refractivity contribution in [2.24, 2.45) is 0 Å². The number of benzene rings is 2. The lowest BCUT2D eigenvalue weighted by molar-refractivity contribution is -0.123. The third-order valence-corrected chi connectivity index (χ3v) is 6.03. The fraction of sp³-hybridized carbons (Fsp3) is 0. The van der Waals surface area contributed by atoms with Gasteiger partial charge in [0, 0.05) is 5.56 Å². The van der Waals surface area contributed by atoms with Crippen LogP contribution in [0.5, 0.6) is 0 Å². The molecule has 1 saturated heterocycles. The van der Waals surface area contributed by atoms with E-state index >= 15 is 0 Å². The Kier molecular flexibility index (Phi) is 5.38. The summed E-state index contributed by atoms with van der Waals surface area (Å²) in [6, 6.07) is 8.95. The van der Waals surface area contributed by atoms with E-state index in [0.717, 1.165) is 12.1 Å². The Morgan fingerprint density at radius 1 is 1.04 bits per heavy atom. The van der Waals surface area contributed by atoms with Gasteiger partial charge in [0.25, 0.3) is 15.9 Å². The van der Waals surface area contributed by atoms with Gasteiger partial charge in [-0.2, -0.15) is 0 Å². The van der Waals surface area contributed by atoms with Crippen molar-refractivity contribution >= 4 is 50.3 Å². The lowest BCUT2D eigenvalue weighted by Crippen LogP contribution is -2.44. The molecule has 2 aromatic rings. The molecule has 0 atom stereocenters. The minimum absolute atomic E-state index is 0.0883. The number of thiocarbonyl (C=S) groups is 1. The van der Waals surface area contributed by atoms with Crippen molar-refractivity contribution in [3.63, 3.8) is 0 Å². The lowest BCUT2D eigenvalue weighted by atomic mass is 10.2. The van der Waals surface area contributed by atoms with Gasteiger partial charge in [0.15, 0.2) is 21.8 Å². The molecule has 2 aromatic carbocycles. The first-order valence-corrected chi connectivity index (χ1v) is 9.90. The average Bonchev–Trinajstić information content (AvgIpc) is 2.90. The molecule has 5 nitrogen and oxygen atoms in total. The SMILES string of the molecule is O=C1/C(=C/c2ccc(F)c(F)c2F)SC(=S)N1NS(=O)(=O)c1ccccc1. The van der Waals surface area contributed by atoms with Crippen LogP contribution in [0.2, 0.25) is 0 Å². The highest BCUT2D eigenvalue weighted by Crippen LogP contribution is 2.32. The Balaban J connectivity index is 1.89. The molecule has 11 heteroatoms. The van der Waals surface area contributed by atoms with Crippen LogP contribution in [0.15, 0.2) is 52.3 Å². The minimum atomic E-state index is -4.08. The molecule has 1 fully saturated rings. The lowest BCUT2D eigenvalue weighted by Gasteiger charge is -2.15. The van der Waals surface area contributed by atoms with Crippen molar-refractivity contribution in [2.75, 3.05) is 0 Å². The molecule has 0 saturated carbocycles. The van der Waals surface area contributed by atoms with Gasteiger partial charge >= 0.3 is 0 Å². The van der Waals surface area contributed by atoms with Crippen molar-refractivity contribution < 1.29 is 26.4 Å². The predicted octanol–water partition coefficient (Wildman–Crippen LogP) is 3.20. The fourth-order valence-corrected chi connectivity index (χ4v) is 4.43. The van der Waals surface area contributed by atoms with E-state index in [1.165, 1.54) is 24.3 Å². The van der Waals surface area contributed by atoms with Crippen molar-refractivity contribution in [3.05, 3.63) is 70.4 Å². The number of rotatable bonds is 4.